The minimum Gasteiger partial charge on any atom is -0.370 e. The van der Waals surface area contributed by atoms with Gasteiger partial charge in [0.1, 0.15) is 5.69 Å². The number of nitrogens with zero attached hydrogens (tertiary/aromatic N) is 2. The molecule has 1 aliphatic rings. The number of pyridine rings is 1. The highest BCUT2D eigenvalue weighted by atomic mass is 19.4. The zero-order valence-corrected chi connectivity index (χ0v) is 11.7. The summed E-state index contributed by atoms with van der Waals surface area (Å²) >= 11 is 0. The summed E-state index contributed by atoms with van der Waals surface area (Å²) in [6.45, 7) is 6.83. The molecule has 1 aromatic heterocycles. The van der Waals surface area contributed by atoms with Gasteiger partial charge in [-0.3, -0.25) is 0 Å². The second-order valence-electron chi connectivity index (χ2n) is 5.55. The maximum absolute atomic E-state index is 12.5. The van der Waals surface area contributed by atoms with Gasteiger partial charge in [0.25, 0.3) is 0 Å². The molecule has 1 fully saturated rings. The Bertz CT molecular complexity index is 430. The molecule has 0 radical (unpaired) electrons. The summed E-state index contributed by atoms with van der Waals surface area (Å²) in [7, 11) is 0. The zero-order chi connectivity index (χ0) is 14.8. The van der Waals surface area contributed by atoms with E-state index >= 15 is 0 Å². The van der Waals surface area contributed by atoms with Crippen LogP contribution in [0.1, 0.15) is 26.0 Å². The van der Waals surface area contributed by atoms with E-state index in [1.165, 1.54) is 12.3 Å². The predicted molar refractivity (Wildman–Crippen MR) is 72.7 cm³/mol. The molecule has 2 heterocycles. The molecule has 20 heavy (non-hydrogen) atoms. The zero-order valence-electron chi connectivity index (χ0n) is 11.7. The van der Waals surface area contributed by atoms with Crippen LogP contribution in [-0.4, -0.2) is 30.7 Å². The number of rotatable bonds is 1. The van der Waals surface area contributed by atoms with Crippen LogP contribution >= 0.6 is 0 Å². The summed E-state index contributed by atoms with van der Waals surface area (Å²) in [5.74, 6) is 0.444. The first-order chi connectivity index (χ1) is 9.36. The quantitative estimate of drug-likeness (QED) is 0.861. The normalized spacial score (nSPS) is 25.1. The number of halogens is 3. The van der Waals surface area contributed by atoms with Gasteiger partial charge in [0.2, 0.25) is 0 Å². The van der Waals surface area contributed by atoms with Crippen LogP contribution in [0.5, 0.6) is 0 Å². The Morgan fingerprint density at radius 3 is 2.65 bits per heavy atom. The standard InChI is InChI=1S/C14H20F3N3/c1-10-7-18-11(2)5-6-20(9-10)12-3-4-13(19-8-12)14(15,16)17/h3-4,8,10-11,18H,5-7,9H2,1-2H3. The van der Waals surface area contributed by atoms with Gasteiger partial charge < -0.3 is 10.2 Å². The Morgan fingerprint density at radius 2 is 2.05 bits per heavy atom. The SMILES string of the molecule is CC1CNC(C)CCN(c2ccc(C(F)(F)F)nc2)C1. The number of alkyl halides is 3. The Kier molecular flexibility index (Phi) is 4.52. The van der Waals surface area contributed by atoms with Crippen molar-refractivity contribution in [3.63, 3.8) is 0 Å². The second-order valence-corrected chi connectivity index (χ2v) is 5.55. The number of hydrogen-bond acceptors (Lipinski definition) is 3. The van der Waals surface area contributed by atoms with Crippen molar-refractivity contribution in [1.29, 1.82) is 0 Å². The first kappa shape index (κ1) is 15.1. The van der Waals surface area contributed by atoms with Gasteiger partial charge in [0, 0.05) is 19.1 Å². The molecule has 112 valence electrons. The molecule has 3 nitrogen and oxygen atoms in total. The fourth-order valence-electron chi connectivity index (χ4n) is 2.36. The van der Waals surface area contributed by atoms with Crippen molar-refractivity contribution in [2.24, 2.45) is 5.92 Å². The van der Waals surface area contributed by atoms with E-state index in [1.54, 1.807) is 0 Å². The smallest absolute Gasteiger partial charge is 0.370 e. The van der Waals surface area contributed by atoms with Crippen LogP contribution in [0, 0.1) is 5.92 Å². The summed E-state index contributed by atoms with van der Waals surface area (Å²) in [5, 5.41) is 3.44. The van der Waals surface area contributed by atoms with Gasteiger partial charge in [0.05, 0.1) is 11.9 Å². The fourth-order valence-corrected chi connectivity index (χ4v) is 2.36. The van der Waals surface area contributed by atoms with Crippen LogP contribution in [0.2, 0.25) is 0 Å². The van der Waals surface area contributed by atoms with Crippen molar-refractivity contribution >= 4 is 5.69 Å². The minimum absolute atomic E-state index is 0.419. The maximum atomic E-state index is 12.5. The van der Waals surface area contributed by atoms with Crippen molar-refractivity contribution in [3.8, 4) is 0 Å². The molecular weight excluding hydrogens is 267 g/mol. The van der Waals surface area contributed by atoms with E-state index in [2.05, 4.69) is 29.0 Å². The topological polar surface area (TPSA) is 28.2 Å². The Morgan fingerprint density at radius 1 is 1.30 bits per heavy atom. The van der Waals surface area contributed by atoms with E-state index < -0.39 is 11.9 Å². The van der Waals surface area contributed by atoms with Gasteiger partial charge in [-0.15, -0.1) is 0 Å². The molecule has 1 aromatic rings. The van der Waals surface area contributed by atoms with E-state index in [9.17, 15) is 13.2 Å². The summed E-state index contributed by atoms with van der Waals surface area (Å²) in [6.07, 6.45) is -2.08. The Balaban J connectivity index is 2.12. The molecule has 1 N–H and O–H groups in total. The maximum Gasteiger partial charge on any atom is 0.433 e. The van der Waals surface area contributed by atoms with E-state index in [-0.39, 0.29) is 0 Å². The van der Waals surface area contributed by atoms with Crippen LogP contribution in [-0.2, 0) is 6.18 Å². The second kappa shape index (κ2) is 5.99. The number of aromatic nitrogens is 1. The minimum atomic E-state index is -4.37. The van der Waals surface area contributed by atoms with Crippen molar-refractivity contribution in [3.05, 3.63) is 24.0 Å². The highest BCUT2D eigenvalue weighted by Gasteiger charge is 2.32. The largest absolute Gasteiger partial charge is 0.433 e. The lowest BCUT2D eigenvalue weighted by atomic mass is 10.1. The average Bonchev–Trinajstić information content (AvgIpc) is 2.38. The van der Waals surface area contributed by atoms with Crippen LogP contribution in [0.15, 0.2) is 18.3 Å². The summed E-state index contributed by atoms with van der Waals surface area (Å²) < 4.78 is 37.5. The van der Waals surface area contributed by atoms with Crippen LogP contribution in [0.4, 0.5) is 18.9 Å². The molecule has 6 heteroatoms. The lowest BCUT2D eigenvalue weighted by molar-refractivity contribution is -0.141. The lowest BCUT2D eigenvalue weighted by Crippen LogP contribution is -2.42. The third-order valence-corrected chi connectivity index (χ3v) is 3.58. The summed E-state index contributed by atoms with van der Waals surface area (Å²) in [6, 6.07) is 2.99. The fraction of sp³-hybridized carbons (Fsp3) is 0.643. The molecule has 1 aliphatic heterocycles. The van der Waals surface area contributed by atoms with Crippen LogP contribution in [0.25, 0.3) is 0 Å². The van der Waals surface area contributed by atoms with E-state index in [4.69, 9.17) is 0 Å². The Hall–Kier alpha value is -1.30. The van der Waals surface area contributed by atoms with Gasteiger partial charge in [-0.2, -0.15) is 13.2 Å². The molecule has 0 aliphatic carbocycles. The third-order valence-electron chi connectivity index (χ3n) is 3.58. The first-order valence-electron chi connectivity index (χ1n) is 6.88. The molecule has 0 spiro atoms. The molecule has 2 atom stereocenters. The number of nitrogens with one attached hydrogen (secondary N) is 1. The van der Waals surface area contributed by atoms with Crippen LogP contribution < -0.4 is 10.2 Å². The summed E-state index contributed by atoms with van der Waals surface area (Å²) in [5.41, 5.74) is -0.0738. The van der Waals surface area contributed by atoms with Crippen molar-refractivity contribution in [1.82, 2.24) is 10.3 Å². The average molecular weight is 287 g/mol. The van der Waals surface area contributed by atoms with E-state index in [0.717, 1.165) is 37.8 Å². The molecule has 0 bridgehead atoms. The van der Waals surface area contributed by atoms with Crippen LogP contribution in [0.3, 0.4) is 0 Å². The van der Waals surface area contributed by atoms with Crippen molar-refractivity contribution in [2.45, 2.75) is 32.5 Å². The van der Waals surface area contributed by atoms with Gasteiger partial charge in [-0.25, -0.2) is 4.98 Å². The van der Waals surface area contributed by atoms with Gasteiger partial charge >= 0.3 is 6.18 Å². The molecule has 0 saturated carbocycles. The van der Waals surface area contributed by atoms with Gasteiger partial charge in [-0.05, 0) is 37.9 Å². The van der Waals surface area contributed by atoms with Gasteiger partial charge in [0.15, 0.2) is 0 Å². The van der Waals surface area contributed by atoms with Crippen molar-refractivity contribution < 1.29 is 13.2 Å². The highest BCUT2D eigenvalue weighted by Crippen LogP contribution is 2.28. The molecule has 0 amide bonds. The lowest BCUT2D eigenvalue weighted by Gasteiger charge is -2.32. The Labute approximate surface area is 117 Å². The van der Waals surface area contributed by atoms with Gasteiger partial charge in [-0.1, -0.05) is 6.92 Å². The van der Waals surface area contributed by atoms with Crippen molar-refractivity contribution in [2.75, 3.05) is 24.5 Å². The molecule has 0 aromatic carbocycles. The van der Waals surface area contributed by atoms with E-state index in [0.29, 0.717) is 12.0 Å². The molecule has 1 saturated heterocycles. The molecular formula is C14H20F3N3. The number of anilines is 1. The molecule has 2 unspecified atom stereocenters. The first-order valence-corrected chi connectivity index (χ1v) is 6.88. The molecule has 2 rings (SSSR count). The summed E-state index contributed by atoms with van der Waals surface area (Å²) in [4.78, 5) is 5.66. The highest BCUT2D eigenvalue weighted by molar-refractivity contribution is 5.45. The third kappa shape index (κ3) is 3.85. The van der Waals surface area contributed by atoms with E-state index in [1.807, 2.05) is 0 Å². The predicted octanol–water partition coefficient (Wildman–Crippen LogP) is 2.92. The monoisotopic (exact) mass is 287 g/mol. The number of hydrogen-bond donors (Lipinski definition) is 1.